The van der Waals surface area contributed by atoms with Crippen LogP contribution in [0.2, 0.25) is 0 Å². The number of nitrogens with zero attached hydrogens (tertiary/aromatic N) is 2. The van der Waals surface area contributed by atoms with E-state index in [2.05, 4.69) is 15.3 Å². The van der Waals surface area contributed by atoms with Crippen LogP contribution >= 0.6 is 0 Å². The molecular formula is C12H18N4O2. The van der Waals surface area contributed by atoms with E-state index in [4.69, 9.17) is 10.5 Å². The summed E-state index contributed by atoms with van der Waals surface area (Å²) in [7, 11) is 1.64. The predicted molar refractivity (Wildman–Crippen MR) is 72.0 cm³/mol. The minimum absolute atomic E-state index is 0.369. The lowest BCUT2D eigenvalue weighted by molar-refractivity contribution is 0.0635. The summed E-state index contributed by atoms with van der Waals surface area (Å²) in [5.74, 6) is 0.369. The molecule has 3 N–H and O–H groups in total. The van der Waals surface area contributed by atoms with E-state index < -0.39 is 11.7 Å². The smallest absolute Gasteiger partial charge is 0.413 e. The molecule has 0 aromatic carbocycles. The van der Waals surface area contributed by atoms with E-state index in [0.29, 0.717) is 17.1 Å². The number of nitrogen functional groups attached to an aromatic ring is 1. The van der Waals surface area contributed by atoms with Crippen molar-refractivity contribution in [3.63, 3.8) is 0 Å². The molecule has 1 aromatic rings. The predicted octanol–water partition coefficient (Wildman–Crippen LogP) is 2.06. The third kappa shape index (κ3) is 4.40. The zero-order valence-electron chi connectivity index (χ0n) is 11.0. The van der Waals surface area contributed by atoms with Crippen LogP contribution in [-0.2, 0) is 4.74 Å². The Morgan fingerprint density at radius 3 is 2.78 bits per heavy atom. The maximum Gasteiger partial charge on any atom is 0.413 e. The first-order valence-corrected chi connectivity index (χ1v) is 5.49. The Hall–Kier alpha value is -2.11. The van der Waals surface area contributed by atoms with E-state index in [1.807, 2.05) is 0 Å². The number of nitrogens with one attached hydrogen (secondary N) is 1. The summed E-state index contributed by atoms with van der Waals surface area (Å²) in [5.41, 5.74) is 6.35. The van der Waals surface area contributed by atoms with Crippen LogP contribution in [0.5, 0.6) is 0 Å². The van der Waals surface area contributed by atoms with Gasteiger partial charge >= 0.3 is 6.09 Å². The monoisotopic (exact) mass is 250 g/mol. The zero-order chi connectivity index (χ0) is 13.8. The Labute approximate surface area is 106 Å². The average Bonchev–Trinajstić information content (AvgIpc) is 2.20. The largest absolute Gasteiger partial charge is 0.444 e. The second-order valence-electron chi connectivity index (χ2n) is 4.71. The van der Waals surface area contributed by atoms with Gasteiger partial charge in [0, 0.05) is 18.8 Å². The molecule has 0 radical (unpaired) electrons. The topological polar surface area (TPSA) is 89.6 Å². The van der Waals surface area contributed by atoms with Crippen LogP contribution in [0.25, 0.3) is 0 Å². The normalized spacial score (nSPS) is 11.6. The second-order valence-corrected chi connectivity index (χ2v) is 4.71. The highest BCUT2D eigenvalue weighted by atomic mass is 16.6. The van der Waals surface area contributed by atoms with Crippen LogP contribution in [0, 0.1) is 0 Å². The number of aromatic nitrogens is 1. The van der Waals surface area contributed by atoms with E-state index in [9.17, 15) is 4.79 Å². The van der Waals surface area contributed by atoms with E-state index in [1.54, 1.807) is 40.1 Å². The first-order valence-electron chi connectivity index (χ1n) is 5.49. The van der Waals surface area contributed by atoms with Gasteiger partial charge in [0.05, 0.1) is 11.9 Å². The third-order valence-electron chi connectivity index (χ3n) is 1.87. The van der Waals surface area contributed by atoms with Gasteiger partial charge in [-0.3, -0.25) is 10.3 Å². The van der Waals surface area contributed by atoms with Crippen molar-refractivity contribution in [3.8, 4) is 0 Å². The molecule has 1 amide bonds. The lowest BCUT2D eigenvalue weighted by Crippen LogP contribution is -2.27. The molecule has 0 aliphatic carbocycles. The number of aliphatic imine (C=N–C) groups is 1. The molecule has 18 heavy (non-hydrogen) atoms. The number of anilines is 2. The highest BCUT2D eigenvalue weighted by molar-refractivity contribution is 5.90. The fourth-order valence-corrected chi connectivity index (χ4v) is 1.21. The third-order valence-corrected chi connectivity index (χ3v) is 1.87. The molecule has 1 heterocycles. The van der Waals surface area contributed by atoms with Gasteiger partial charge < -0.3 is 10.5 Å². The fraction of sp³-hybridized carbons (Fsp3) is 0.417. The van der Waals surface area contributed by atoms with Gasteiger partial charge in [0.1, 0.15) is 11.4 Å². The molecule has 0 spiro atoms. The van der Waals surface area contributed by atoms with Gasteiger partial charge in [0.25, 0.3) is 0 Å². The van der Waals surface area contributed by atoms with Crippen molar-refractivity contribution in [2.45, 2.75) is 26.4 Å². The molecular weight excluding hydrogens is 232 g/mol. The number of carbonyl (C=O) groups excluding carboxylic acids is 1. The quantitative estimate of drug-likeness (QED) is 0.786. The van der Waals surface area contributed by atoms with Gasteiger partial charge in [0.15, 0.2) is 0 Å². The van der Waals surface area contributed by atoms with Gasteiger partial charge in [-0.05, 0) is 26.8 Å². The number of amides is 1. The average molecular weight is 250 g/mol. The number of ether oxygens (including phenoxy) is 1. The Balaban J connectivity index is 2.79. The Morgan fingerprint density at radius 1 is 1.56 bits per heavy atom. The number of pyridine rings is 1. The Morgan fingerprint density at radius 2 is 2.22 bits per heavy atom. The van der Waals surface area contributed by atoms with Crippen molar-refractivity contribution in [2.75, 3.05) is 18.1 Å². The van der Waals surface area contributed by atoms with Crippen molar-refractivity contribution >= 4 is 23.8 Å². The molecule has 0 aliphatic rings. The van der Waals surface area contributed by atoms with Gasteiger partial charge in [-0.15, -0.1) is 0 Å². The van der Waals surface area contributed by atoms with Gasteiger partial charge in [-0.25, -0.2) is 9.78 Å². The molecule has 1 rings (SSSR count). The van der Waals surface area contributed by atoms with E-state index in [0.717, 1.165) is 0 Å². The van der Waals surface area contributed by atoms with Crippen LogP contribution < -0.4 is 11.1 Å². The lowest BCUT2D eigenvalue weighted by Gasteiger charge is -2.19. The molecule has 6 heteroatoms. The first-order chi connectivity index (χ1) is 8.31. The van der Waals surface area contributed by atoms with Gasteiger partial charge in [-0.2, -0.15) is 0 Å². The zero-order valence-corrected chi connectivity index (χ0v) is 11.0. The SMILES string of the molecule is CN=Cc1cc(NC(=O)OC(C)(C)C)ncc1N. The van der Waals surface area contributed by atoms with Crippen LogP contribution in [0.1, 0.15) is 26.3 Å². The highest BCUT2D eigenvalue weighted by Crippen LogP contribution is 2.14. The number of rotatable bonds is 2. The van der Waals surface area contributed by atoms with E-state index in [1.165, 1.54) is 6.20 Å². The van der Waals surface area contributed by atoms with Gasteiger partial charge in [0.2, 0.25) is 0 Å². The summed E-state index contributed by atoms with van der Waals surface area (Å²) in [6.07, 6.45) is 2.50. The standard InChI is InChI=1S/C12H18N4O2/c1-12(2,3)18-11(17)16-10-5-8(6-14-4)9(13)7-15-10/h5-7H,13H2,1-4H3,(H,15,16,17). The minimum Gasteiger partial charge on any atom is -0.444 e. The summed E-state index contributed by atoms with van der Waals surface area (Å²) < 4.78 is 5.12. The van der Waals surface area contributed by atoms with E-state index >= 15 is 0 Å². The van der Waals surface area contributed by atoms with Crippen molar-refractivity contribution < 1.29 is 9.53 Å². The number of hydrogen-bond acceptors (Lipinski definition) is 5. The summed E-state index contributed by atoms with van der Waals surface area (Å²) in [4.78, 5) is 19.4. The lowest BCUT2D eigenvalue weighted by atomic mass is 10.2. The fourth-order valence-electron chi connectivity index (χ4n) is 1.21. The van der Waals surface area contributed by atoms with Crippen LogP contribution in [0.4, 0.5) is 16.3 Å². The summed E-state index contributed by atoms with van der Waals surface area (Å²) in [5, 5.41) is 2.53. The van der Waals surface area contributed by atoms with Crippen LogP contribution in [-0.4, -0.2) is 29.9 Å². The molecule has 0 aliphatic heterocycles. The van der Waals surface area contributed by atoms with E-state index in [-0.39, 0.29) is 0 Å². The van der Waals surface area contributed by atoms with Crippen LogP contribution in [0.3, 0.4) is 0 Å². The molecule has 98 valence electrons. The maximum atomic E-state index is 11.5. The first kappa shape index (κ1) is 14.0. The summed E-state index contributed by atoms with van der Waals surface area (Å²) in [6.45, 7) is 5.37. The van der Waals surface area contributed by atoms with Crippen molar-refractivity contribution in [3.05, 3.63) is 17.8 Å². The second kappa shape index (κ2) is 5.48. The molecule has 0 bridgehead atoms. The number of hydrogen-bond donors (Lipinski definition) is 2. The summed E-state index contributed by atoms with van der Waals surface area (Å²) in [6, 6.07) is 1.63. The van der Waals surface area contributed by atoms with Gasteiger partial charge in [-0.1, -0.05) is 0 Å². The maximum absolute atomic E-state index is 11.5. The van der Waals surface area contributed by atoms with Crippen LogP contribution in [0.15, 0.2) is 17.3 Å². The molecule has 0 fully saturated rings. The minimum atomic E-state index is -0.556. The molecule has 0 atom stereocenters. The molecule has 0 unspecified atom stereocenters. The Bertz CT molecular complexity index is 464. The molecule has 0 saturated heterocycles. The summed E-state index contributed by atoms with van der Waals surface area (Å²) >= 11 is 0. The molecule has 1 aromatic heterocycles. The number of carbonyl (C=O) groups is 1. The molecule has 0 saturated carbocycles. The number of nitrogens with two attached hydrogens (primary N) is 1. The highest BCUT2D eigenvalue weighted by Gasteiger charge is 2.16. The van der Waals surface area contributed by atoms with Crippen molar-refractivity contribution in [1.82, 2.24) is 4.98 Å². The van der Waals surface area contributed by atoms with Crippen molar-refractivity contribution in [2.24, 2.45) is 4.99 Å². The molecule has 6 nitrogen and oxygen atoms in total. The van der Waals surface area contributed by atoms with Crippen molar-refractivity contribution in [1.29, 1.82) is 0 Å². The Kier molecular flexibility index (Phi) is 4.25.